The number of rotatable bonds is 4. The highest BCUT2D eigenvalue weighted by atomic mass is 35.5. The molecule has 0 spiro atoms. The van der Waals surface area contributed by atoms with Crippen molar-refractivity contribution >= 4 is 29.7 Å². The highest BCUT2D eigenvalue weighted by Crippen LogP contribution is 2.30. The molecule has 1 aromatic carbocycles. The third-order valence-corrected chi connectivity index (χ3v) is 3.83. The van der Waals surface area contributed by atoms with E-state index in [9.17, 15) is 4.79 Å². The van der Waals surface area contributed by atoms with E-state index in [0.29, 0.717) is 5.69 Å². The van der Waals surface area contributed by atoms with E-state index in [-0.39, 0.29) is 24.2 Å². The number of hydrogen-bond donors (Lipinski definition) is 2. The number of para-hydroxylation sites is 2. The van der Waals surface area contributed by atoms with Gasteiger partial charge in [-0.05, 0) is 24.5 Å². The van der Waals surface area contributed by atoms with Crippen LogP contribution in [0.15, 0.2) is 24.3 Å². The van der Waals surface area contributed by atoms with E-state index in [1.54, 1.807) is 6.07 Å². The summed E-state index contributed by atoms with van der Waals surface area (Å²) in [5.74, 6) is 0.881. The SMILES string of the molecule is CC(CC1CCCC1)C(=O)Nc1ccccc1N.Cl. The van der Waals surface area contributed by atoms with E-state index in [0.717, 1.165) is 18.0 Å². The number of nitrogens with two attached hydrogens (primary N) is 1. The van der Waals surface area contributed by atoms with Crippen molar-refractivity contribution in [2.45, 2.75) is 39.0 Å². The molecule has 0 saturated heterocycles. The van der Waals surface area contributed by atoms with Gasteiger partial charge in [0.1, 0.15) is 0 Å². The van der Waals surface area contributed by atoms with Crippen LogP contribution in [0.5, 0.6) is 0 Å². The average molecular weight is 283 g/mol. The van der Waals surface area contributed by atoms with Crippen molar-refractivity contribution in [1.29, 1.82) is 0 Å². The van der Waals surface area contributed by atoms with Gasteiger partial charge in [-0.15, -0.1) is 12.4 Å². The van der Waals surface area contributed by atoms with Crippen molar-refractivity contribution < 1.29 is 4.79 Å². The number of carbonyl (C=O) groups is 1. The molecule has 0 heterocycles. The number of nitrogens with one attached hydrogen (secondary N) is 1. The molecular weight excluding hydrogens is 260 g/mol. The summed E-state index contributed by atoms with van der Waals surface area (Å²) in [5, 5.41) is 2.92. The zero-order chi connectivity index (χ0) is 13.0. The number of nitrogen functional groups attached to an aromatic ring is 1. The van der Waals surface area contributed by atoms with Gasteiger partial charge in [0.25, 0.3) is 0 Å². The Morgan fingerprint density at radius 1 is 1.37 bits per heavy atom. The predicted octanol–water partition coefficient (Wildman–Crippen LogP) is 3.85. The smallest absolute Gasteiger partial charge is 0.227 e. The van der Waals surface area contributed by atoms with Gasteiger partial charge < -0.3 is 11.1 Å². The topological polar surface area (TPSA) is 55.1 Å². The second kappa shape index (κ2) is 7.39. The third kappa shape index (κ3) is 4.43. The highest BCUT2D eigenvalue weighted by Gasteiger charge is 2.22. The van der Waals surface area contributed by atoms with Gasteiger partial charge in [0, 0.05) is 5.92 Å². The van der Waals surface area contributed by atoms with Gasteiger partial charge in [-0.3, -0.25) is 4.79 Å². The second-order valence-corrected chi connectivity index (χ2v) is 5.36. The molecule has 1 aliphatic rings. The molecule has 4 heteroatoms. The first-order valence-corrected chi connectivity index (χ1v) is 6.82. The Bertz CT molecular complexity index is 416. The van der Waals surface area contributed by atoms with Gasteiger partial charge in [0.05, 0.1) is 11.4 Å². The molecule has 0 radical (unpaired) electrons. The highest BCUT2D eigenvalue weighted by molar-refractivity contribution is 5.95. The van der Waals surface area contributed by atoms with Gasteiger partial charge in [-0.2, -0.15) is 0 Å². The van der Waals surface area contributed by atoms with Crippen LogP contribution in [-0.2, 0) is 4.79 Å². The Balaban J connectivity index is 0.00000180. The third-order valence-electron chi connectivity index (χ3n) is 3.83. The van der Waals surface area contributed by atoms with E-state index in [1.807, 2.05) is 25.1 Å². The predicted molar refractivity (Wildman–Crippen MR) is 82.5 cm³/mol. The van der Waals surface area contributed by atoms with Crippen LogP contribution in [0.2, 0.25) is 0 Å². The summed E-state index contributed by atoms with van der Waals surface area (Å²) in [7, 11) is 0. The van der Waals surface area contributed by atoms with Crippen LogP contribution in [0.4, 0.5) is 11.4 Å². The molecular formula is C15H23ClN2O. The maximum absolute atomic E-state index is 12.1. The molecule has 1 fully saturated rings. The fraction of sp³-hybridized carbons (Fsp3) is 0.533. The summed E-state index contributed by atoms with van der Waals surface area (Å²) in [6, 6.07) is 7.40. The van der Waals surface area contributed by atoms with Gasteiger partial charge in [0.2, 0.25) is 5.91 Å². The zero-order valence-corrected chi connectivity index (χ0v) is 12.2. The number of benzene rings is 1. The number of anilines is 2. The lowest BCUT2D eigenvalue weighted by Gasteiger charge is -2.16. The molecule has 0 aromatic heterocycles. The molecule has 3 nitrogen and oxygen atoms in total. The monoisotopic (exact) mass is 282 g/mol. The van der Waals surface area contributed by atoms with Crippen molar-refractivity contribution in [3.8, 4) is 0 Å². The van der Waals surface area contributed by atoms with Crippen LogP contribution in [0.3, 0.4) is 0 Å². The second-order valence-electron chi connectivity index (χ2n) is 5.36. The van der Waals surface area contributed by atoms with Crippen LogP contribution in [0, 0.1) is 11.8 Å². The Morgan fingerprint density at radius 3 is 2.63 bits per heavy atom. The molecule has 2 rings (SSSR count). The molecule has 1 amide bonds. The number of hydrogen-bond acceptors (Lipinski definition) is 2. The van der Waals surface area contributed by atoms with E-state index in [1.165, 1.54) is 25.7 Å². The first-order valence-electron chi connectivity index (χ1n) is 6.82. The minimum absolute atomic E-state index is 0. The normalized spacial score (nSPS) is 16.7. The zero-order valence-electron chi connectivity index (χ0n) is 11.4. The molecule has 3 N–H and O–H groups in total. The molecule has 106 valence electrons. The lowest BCUT2D eigenvalue weighted by Crippen LogP contribution is -2.22. The van der Waals surface area contributed by atoms with Crippen molar-refractivity contribution in [1.82, 2.24) is 0 Å². The average Bonchev–Trinajstić information content (AvgIpc) is 2.84. The van der Waals surface area contributed by atoms with Gasteiger partial charge in [-0.25, -0.2) is 0 Å². The Labute approximate surface area is 121 Å². The van der Waals surface area contributed by atoms with Crippen molar-refractivity contribution in [3.63, 3.8) is 0 Å². The molecule has 0 aliphatic heterocycles. The molecule has 1 unspecified atom stereocenters. The van der Waals surface area contributed by atoms with Crippen LogP contribution in [0.25, 0.3) is 0 Å². The Hall–Kier alpha value is -1.22. The number of carbonyl (C=O) groups excluding carboxylic acids is 1. The summed E-state index contributed by atoms with van der Waals surface area (Å²) < 4.78 is 0. The molecule has 1 aromatic rings. The summed E-state index contributed by atoms with van der Waals surface area (Å²) in [6.45, 7) is 2.01. The molecule has 1 atom stereocenters. The van der Waals surface area contributed by atoms with E-state index in [2.05, 4.69) is 5.32 Å². The van der Waals surface area contributed by atoms with Crippen molar-refractivity contribution in [2.75, 3.05) is 11.1 Å². The molecule has 0 bridgehead atoms. The fourth-order valence-corrected chi connectivity index (χ4v) is 2.72. The lowest BCUT2D eigenvalue weighted by atomic mass is 9.94. The number of amides is 1. The molecule has 19 heavy (non-hydrogen) atoms. The van der Waals surface area contributed by atoms with Crippen molar-refractivity contribution in [2.24, 2.45) is 11.8 Å². The van der Waals surface area contributed by atoms with Crippen LogP contribution < -0.4 is 11.1 Å². The first kappa shape index (κ1) is 15.8. The fourth-order valence-electron chi connectivity index (χ4n) is 2.72. The maximum atomic E-state index is 12.1. The Morgan fingerprint density at radius 2 is 2.00 bits per heavy atom. The van der Waals surface area contributed by atoms with Crippen LogP contribution in [-0.4, -0.2) is 5.91 Å². The van der Waals surface area contributed by atoms with Gasteiger partial charge in [-0.1, -0.05) is 44.7 Å². The Kier molecular flexibility index (Phi) is 6.16. The number of halogens is 1. The summed E-state index contributed by atoms with van der Waals surface area (Å²) in [4.78, 5) is 12.1. The van der Waals surface area contributed by atoms with E-state index in [4.69, 9.17) is 5.73 Å². The first-order chi connectivity index (χ1) is 8.66. The summed E-state index contributed by atoms with van der Waals surface area (Å²) in [6.07, 6.45) is 6.21. The summed E-state index contributed by atoms with van der Waals surface area (Å²) in [5.41, 5.74) is 7.16. The lowest BCUT2D eigenvalue weighted by molar-refractivity contribution is -0.119. The van der Waals surface area contributed by atoms with E-state index >= 15 is 0 Å². The van der Waals surface area contributed by atoms with Gasteiger partial charge in [0.15, 0.2) is 0 Å². The molecule has 1 aliphatic carbocycles. The quantitative estimate of drug-likeness (QED) is 0.824. The minimum Gasteiger partial charge on any atom is -0.397 e. The standard InChI is InChI=1S/C15H22N2O.ClH/c1-11(10-12-6-2-3-7-12)15(18)17-14-9-5-4-8-13(14)16;/h4-5,8-9,11-12H,2-3,6-7,10,16H2,1H3,(H,17,18);1H. The largest absolute Gasteiger partial charge is 0.397 e. The van der Waals surface area contributed by atoms with E-state index < -0.39 is 0 Å². The minimum atomic E-state index is 0. The van der Waals surface area contributed by atoms with Crippen LogP contribution in [0.1, 0.15) is 39.0 Å². The summed E-state index contributed by atoms with van der Waals surface area (Å²) >= 11 is 0. The maximum Gasteiger partial charge on any atom is 0.227 e. The van der Waals surface area contributed by atoms with Gasteiger partial charge >= 0.3 is 0 Å². The van der Waals surface area contributed by atoms with Crippen molar-refractivity contribution in [3.05, 3.63) is 24.3 Å². The molecule has 1 saturated carbocycles. The van der Waals surface area contributed by atoms with Crippen LogP contribution >= 0.6 is 12.4 Å².